The molecular weight excluding hydrogens is 384 g/mol. The lowest BCUT2D eigenvalue weighted by atomic mass is 9.83. The standard InChI is InChI=1S/C24H25ClO2Si/c1-24(2,3)22(20-16-10-11-17-21(20)23(25)26)27-28(18-12-6-4-7-13-18)19-14-8-5-9-15-19/h4-17,22,28H,1-3H3. The van der Waals surface area contributed by atoms with Gasteiger partial charge in [0.1, 0.15) is 0 Å². The maximum Gasteiger partial charge on any atom is 0.252 e. The molecule has 28 heavy (non-hydrogen) atoms. The van der Waals surface area contributed by atoms with Gasteiger partial charge in [0.25, 0.3) is 5.24 Å². The molecule has 0 radical (unpaired) electrons. The monoisotopic (exact) mass is 408 g/mol. The number of carbonyl (C=O) groups is 1. The van der Waals surface area contributed by atoms with Gasteiger partial charge in [-0.25, -0.2) is 0 Å². The summed E-state index contributed by atoms with van der Waals surface area (Å²) in [4.78, 5) is 12.0. The Morgan fingerprint density at radius 1 is 0.821 bits per heavy atom. The first kappa shape index (κ1) is 20.5. The highest BCUT2D eigenvalue weighted by Gasteiger charge is 2.33. The maximum atomic E-state index is 12.0. The van der Waals surface area contributed by atoms with Crippen LogP contribution >= 0.6 is 11.6 Å². The van der Waals surface area contributed by atoms with Gasteiger partial charge in [-0.2, -0.15) is 0 Å². The number of hydrogen-bond acceptors (Lipinski definition) is 2. The van der Waals surface area contributed by atoms with Crippen molar-refractivity contribution in [1.29, 1.82) is 0 Å². The van der Waals surface area contributed by atoms with Crippen molar-refractivity contribution in [2.45, 2.75) is 26.9 Å². The van der Waals surface area contributed by atoms with Gasteiger partial charge in [-0.05, 0) is 39.0 Å². The minimum absolute atomic E-state index is 0.211. The molecule has 1 atom stereocenters. The maximum absolute atomic E-state index is 12.0. The molecule has 0 fully saturated rings. The van der Waals surface area contributed by atoms with Crippen molar-refractivity contribution in [1.82, 2.24) is 0 Å². The van der Waals surface area contributed by atoms with Crippen LogP contribution in [0.4, 0.5) is 0 Å². The molecule has 3 aromatic carbocycles. The molecule has 0 aliphatic carbocycles. The smallest absolute Gasteiger partial charge is 0.252 e. The van der Waals surface area contributed by atoms with Crippen molar-refractivity contribution < 1.29 is 9.22 Å². The van der Waals surface area contributed by atoms with Crippen molar-refractivity contribution in [3.63, 3.8) is 0 Å². The fourth-order valence-electron chi connectivity index (χ4n) is 3.39. The Kier molecular flexibility index (Phi) is 6.50. The number of hydrogen-bond donors (Lipinski definition) is 0. The van der Waals surface area contributed by atoms with Crippen LogP contribution in [0.25, 0.3) is 0 Å². The zero-order chi connectivity index (χ0) is 20.1. The normalized spacial score (nSPS) is 12.8. The molecule has 144 valence electrons. The van der Waals surface area contributed by atoms with Crippen molar-refractivity contribution >= 4 is 36.3 Å². The highest BCUT2D eigenvalue weighted by atomic mass is 35.5. The Morgan fingerprint density at radius 2 is 1.29 bits per heavy atom. The Hall–Kier alpha value is -2.20. The molecule has 3 aromatic rings. The molecular formula is C24H25ClO2Si. The van der Waals surface area contributed by atoms with Crippen molar-refractivity contribution in [2.24, 2.45) is 5.41 Å². The van der Waals surface area contributed by atoms with E-state index in [9.17, 15) is 4.79 Å². The van der Waals surface area contributed by atoms with Gasteiger partial charge < -0.3 is 4.43 Å². The Bertz CT molecular complexity index is 881. The van der Waals surface area contributed by atoms with E-state index < -0.39 is 14.3 Å². The quantitative estimate of drug-likeness (QED) is 0.436. The molecule has 4 heteroatoms. The van der Waals surface area contributed by atoms with Crippen LogP contribution in [-0.4, -0.2) is 14.3 Å². The molecule has 0 aromatic heterocycles. The Balaban J connectivity index is 2.09. The Morgan fingerprint density at radius 3 is 1.75 bits per heavy atom. The van der Waals surface area contributed by atoms with Crippen LogP contribution < -0.4 is 10.4 Å². The van der Waals surface area contributed by atoms with Gasteiger partial charge in [0, 0.05) is 5.56 Å². The van der Waals surface area contributed by atoms with E-state index >= 15 is 0 Å². The van der Waals surface area contributed by atoms with E-state index in [-0.39, 0.29) is 11.5 Å². The molecule has 0 N–H and O–H groups in total. The van der Waals surface area contributed by atoms with Crippen LogP contribution in [0, 0.1) is 5.41 Å². The van der Waals surface area contributed by atoms with Gasteiger partial charge in [0.05, 0.1) is 6.10 Å². The second-order valence-electron chi connectivity index (χ2n) is 7.94. The van der Waals surface area contributed by atoms with Gasteiger partial charge in [-0.1, -0.05) is 99.6 Å². The predicted octanol–water partition coefficient (Wildman–Crippen LogP) is 4.71. The molecule has 0 spiro atoms. The minimum atomic E-state index is -1.98. The lowest BCUT2D eigenvalue weighted by molar-refractivity contribution is 0.0873. The number of carbonyl (C=O) groups excluding carboxylic acids is 1. The molecule has 0 aliphatic rings. The molecule has 2 nitrogen and oxygen atoms in total. The average Bonchev–Trinajstić information content (AvgIpc) is 2.69. The van der Waals surface area contributed by atoms with E-state index in [1.165, 1.54) is 10.4 Å². The van der Waals surface area contributed by atoms with Crippen LogP contribution in [0.3, 0.4) is 0 Å². The van der Waals surface area contributed by atoms with Gasteiger partial charge in [-0.3, -0.25) is 4.79 Å². The van der Waals surface area contributed by atoms with E-state index in [1.54, 1.807) is 6.07 Å². The molecule has 3 rings (SSSR count). The number of rotatable bonds is 6. The minimum Gasteiger partial charge on any atom is -0.403 e. The molecule has 0 amide bonds. The summed E-state index contributed by atoms with van der Waals surface area (Å²) in [6, 6.07) is 28.2. The molecule has 0 saturated carbocycles. The first-order chi connectivity index (χ1) is 13.4. The van der Waals surface area contributed by atoms with E-state index in [4.69, 9.17) is 16.0 Å². The second-order valence-corrected chi connectivity index (χ2v) is 10.7. The topological polar surface area (TPSA) is 26.3 Å². The SMILES string of the molecule is CC(C)(C)C(O[SiH](c1ccccc1)c1ccccc1)c1ccccc1C(=O)Cl. The second kappa shape index (κ2) is 8.87. The average molecular weight is 409 g/mol. The Labute approximate surface area is 173 Å². The molecule has 0 aliphatic heterocycles. The molecule has 1 unspecified atom stereocenters. The van der Waals surface area contributed by atoms with Crippen molar-refractivity contribution in [3.05, 3.63) is 96.1 Å². The highest BCUT2D eigenvalue weighted by Crippen LogP contribution is 2.38. The summed E-state index contributed by atoms with van der Waals surface area (Å²) in [5, 5.41) is 1.96. The fraction of sp³-hybridized carbons (Fsp3) is 0.208. The van der Waals surface area contributed by atoms with E-state index in [0.29, 0.717) is 5.56 Å². The summed E-state index contributed by atoms with van der Waals surface area (Å²) in [6.07, 6.45) is -0.261. The third-order valence-electron chi connectivity index (χ3n) is 4.72. The van der Waals surface area contributed by atoms with E-state index in [1.807, 2.05) is 54.6 Å². The van der Waals surface area contributed by atoms with Gasteiger partial charge >= 0.3 is 0 Å². The lowest BCUT2D eigenvalue weighted by Gasteiger charge is -2.35. The third-order valence-corrected chi connectivity index (χ3v) is 7.45. The van der Waals surface area contributed by atoms with Gasteiger partial charge in [0.15, 0.2) is 0 Å². The zero-order valence-corrected chi connectivity index (χ0v) is 18.3. The predicted molar refractivity (Wildman–Crippen MR) is 119 cm³/mol. The zero-order valence-electron chi connectivity index (χ0n) is 16.4. The van der Waals surface area contributed by atoms with Crippen LogP contribution in [0.2, 0.25) is 0 Å². The first-order valence-corrected chi connectivity index (χ1v) is 11.4. The van der Waals surface area contributed by atoms with E-state index in [0.717, 1.165) is 5.56 Å². The first-order valence-electron chi connectivity index (χ1n) is 9.42. The third kappa shape index (κ3) is 4.79. The van der Waals surface area contributed by atoms with Crippen LogP contribution in [-0.2, 0) is 4.43 Å². The number of halogens is 1. The summed E-state index contributed by atoms with van der Waals surface area (Å²) < 4.78 is 6.89. The summed E-state index contributed by atoms with van der Waals surface area (Å²) in [6.45, 7) is 6.40. The summed E-state index contributed by atoms with van der Waals surface area (Å²) in [5.74, 6) is 0. The van der Waals surface area contributed by atoms with Gasteiger partial charge in [0.2, 0.25) is 9.04 Å². The molecule has 0 saturated heterocycles. The van der Waals surface area contributed by atoms with Crippen LogP contribution in [0.15, 0.2) is 84.9 Å². The largest absolute Gasteiger partial charge is 0.403 e. The van der Waals surface area contributed by atoms with Crippen molar-refractivity contribution in [3.8, 4) is 0 Å². The summed E-state index contributed by atoms with van der Waals surface area (Å²) in [7, 11) is -1.98. The summed E-state index contributed by atoms with van der Waals surface area (Å²) >= 11 is 5.89. The fourth-order valence-corrected chi connectivity index (χ4v) is 6.23. The lowest BCUT2D eigenvalue weighted by Crippen LogP contribution is -2.47. The van der Waals surface area contributed by atoms with Crippen LogP contribution in [0.5, 0.6) is 0 Å². The molecule has 0 bridgehead atoms. The van der Waals surface area contributed by atoms with E-state index in [2.05, 4.69) is 45.0 Å². The highest BCUT2D eigenvalue weighted by molar-refractivity contribution is 6.80. The van der Waals surface area contributed by atoms with Crippen molar-refractivity contribution in [2.75, 3.05) is 0 Å². The van der Waals surface area contributed by atoms with Gasteiger partial charge in [-0.15, -0.1) is 0 Å². The molecule has 0 heterocycles. The summed E-state index contributed by atoms with van der Waals surface area (Å²) in [5.41, 5.74) is 1.15. The van der Waals surface area contributed by atoms with Crippen LogP contribution in [0.1, 0.15) is 42.8 Å². The number of benzene rings is 3.